The highest BCUT2D eigenvalue weighted by Crippen LogP contribution is 2.46. The predicted molar refractivity (Wildman–Crippen MR) is 113 cm³/mol. The number of nitrogens with two attached hydrogens (primary N) is 1. The van der Waals surface area contributed by atoms with E-state index in [4.69, 9.17) is 19.9 Å². The summed E-state index contributed by atoms with van der Waals surface area (Å²) in [4.78, 5) is 12.7. The topological polar surface area (TPSA) is 94.6 Å². The van der Waals surface area contributed by atoms with Crippen LogP contribution in [0.5, 0.6) is 11.5 Å². The van der Waals surface area contributed by atoms with Crippen molar-refractivity contribution in [1.82, 2.24) is 0 Å². The zero-order valence-corrected chi connectivity index (χ0v) is 17.7. The summed E-state index contributed by atoms with van der Waals surface area (Å²) in [6.45, 7) is 6.35. The third-order valence-corrected chi connectivity index (χ3v) is 5.42. The van der Waals surface area contributed by atoms with Crippen LogP contribution in [0.4, 0.5) is 0 Å². The van der Waals surface area contributed by atoms with Crippen molar-refractivity contribution < 1.29 is 19.0 Å². The van der Waals surface area contributed by atoms with E-state index in [0.717, 1.165) is 15.6 Å². The molecule has 1 aromatic rings. The van der Waals surface area contributed by atoms with E-state index in [1.54, 1.807) is 6.08 Å². The molecule has 146 valence electrons. The number of hydrogen-bond acceptors (Lipinski definition) is 6. The van der Waals surface area contributed by atoms with Gasteiger partial charge in [-0.25, -0.2) is 0 Å². The van der Waals surface area contributed by atoms with Crippen LogP contribution >= 0.6 is 22.6 Å². The Balaban J connectivity index is 2.17. The van der Waals surface area contributed by atoms with Gasteiger partial charge >= 0.3 is 0 Å². The summed E-state index contributed by atoms with van der Waals surface area (Å²) >= 11 is 2.16. The lowest BCUT2D eigenvalue weighted by atomic mass is 9.77. The molecule has 0 unspecified atom stereocenters. The molecule has 0 saturated heterocycles. The summed E-state index contributed by atoms with van der Waals surface area (Å²) in [6.07, 6.45) is 3.45. The van der Waals surface area contributed by atoms with Crippen molar-refractivity contribution in [2.75, 3.05) is 13.2 Å². The number of ketones is 1. The highest BCUT2D eigenvalue weighted by Gasteiger charge is 2.38. The second-order valence-corrected chi connectivity index (χ2v) is 7.56. The molecule has 1 heterocycles. The molecule has 0 aromatic heterocycles. The zero-order valence-electron chi connectivity index (χ0n) is 15.6. The molecule has 0 saturated carbocycles. The van der Waals surface area contributed by atoms with Crippen molar-refractivity contribution in [3.05, 3.63) is 56.7 Å². The Morgan fingerprint density at radius 3 is 2.89 bits per heavy atom. The molecule has 0 fully saturated rings. The quantitative estimate of drug-likeness (QED) is 0.476. The molecule has 1 atom stereocenters. The van der Waals surface area contributed by atoms with Crippen LogP contribution in [0.3, 0.4) is 0 Å². The molecule has 2 N–H and O–H groups in total. The van der Waals surface area contributed by atoms with Gasteiger partial charge < -0.3 is 19.9 Å². The van der Waals surface area contributed by atoms with Gasteiger partial charge in [-0.15, -0.1) is 0 Å². The smallest absolute Gasteiger partial charge is 0.205 e. The predicted octanol–water partition coefficient (Wildman–Crippen LogP) is 4.07. The summed E-state index contributed by atoms with van der Waals surface area (Å²) < 4.78 is 18.0. The summed E-state index contributed by atoms with van der Waals surface area (Å²) in [5, 5.41) is 9.71. The second kappa shape index (κ2) is 8.69. The van der Waals surface area contributed by atoms with Gasteiger partial charge in [-0.2, -0.15) is 5.26 Å². The molecule has 7 heteroatoms. The molecule has 0 spiro atoms. The number of ether oxygens (including phenoxy) is 3. The van der Waals surface area contributed by atoms with Gasteiger partial charge in [-0.1, -0.05) is 12.7 Å². The first kappa shape index (κ1) is 20.3. The van der Waals surface area contributed by atoms with Gasteiger partial charge in [-0.05, 0) is 53.6 Å². The van der Waals surface area contributed by atoms with Crippen LogP contribution in [0.25, 0.3) is 0 Å². The maximum atomic E-state index is 12.7. The minimum Gasteiger partial charge on any atom is -0.490 e. The highest BCUT2D eigenvalue weighted by molar-refractivity contribution is 14.1. The molecule has 2 aliphatic rings. The van der Waals surface area contributed by atoms with Gasteiger partial charge in [0.25, 0.3) is 0 Å². The first-order chi connectivity index (χ1) is 13.5. The Morgan fingerprint density at radius 1 is 1.43 bits per heavy atom. The van der Waals surface area contributed by atoms with E-state index in [0.29, 0.717) is 48.9 Å². The SMILES string of the molecule is C=CCOc1c(I)cc([C@@H]2C(C#N)=C(N)OC3=C2C(=O)CCC3)cc1OCC. The third-order valence-electron chi connectivity index (χ3n) is 4.62. The maximum absolute atomic E-state index is 12.7. The first-order valence-corrected chi connectivity index (χ1v) is 10.1. The summed E-state index contributed by atoms with van der Waals surface area (Å²) in [7, 11) is 0. The minimum absolute atomic E-state index is 0.00791. The van der Waals surface area contributed by atoms with E-state index in [2.05, 4.69) is 35.2 Å². The van der Waals surface area contributed by atoms with Crippen molar-refractivity contribution in [3.8, 4) is 17.6 Å². The molecule has 0 bridgehead atoms. The molecule has 0 radical (unpaired) electrons. The van der Waals surface area contributed by atoms with Crippen LogP contribution in [-0.2, 0) is 9.53 Å². The van der Waals surface area contributed by atoms with Gasteiger partial charge in [0.2, 0.25) is 5.88 Å². The van der Waals surface area contributed by atoms with Gasteiger partial charge in [0.05, 0.1) is 16.1 Å². The lowest BCUT2D eigenvalue weighted by Crippen LogP contribution is -2.27. The first-order valence-electron chi connectivity index (χ1n) is 9.05. The van der Waals surface area contributed by atoms with Crippen LogP contribution in [0.2, 0.25) is 0 Å². The maximum Gasteiger partial charge on any atom is 0.205 e. The Bertz CT molecular complexity index is 927. The highest BCUT2D eigenvalue weighted by atomic mass is 127. The Morgan fingerprint density at radius 2 is 2.21 bits per heavy atom. The summed E-state index contributed by atoms with van der Waals surface area (Å²) in [6, 6.07) is 5.85. The number of halogens is 1. The van der Waals surface area contributed by atoms with E-state index in [1.165, 1.54) is 0 Å². The van der Waals surface area contributed by atoms with Crippen molar-refractivity contribution in [2.45, 2.75) is 32.1 Å². The molecule has 3 rings (SSSR count). The molecular weight excluding hydrogens is 471 g/mol. The monoisotopic (exact) mass is 492 g/mol. The number of hydrogen-bond donors (Lipinski definition) is 1. The molecule has 1 aliphatic carbocycles. The molecule has 1 aromatic carbocycles. The zero-order chi connectivity index (χ0) is 20.3. The molecule has 6 nitrogen and oxygen atoms in total. The standard InChI is InChI=1S/C21H21IN2O4/c1-3-8-27-20-14(22)9-12(10-17(20)26-4-2)18-13(11-23)21(24)28-16-7-5-6-15(25)19(16)18/h3,9-10,18H,1,4-8,24H2,2H3/t18-/m1/s1. The van der Waals surface area contributed by atoms with Crippen molar-refractivity contribution >= 4 is 28.4 Å². The number of allylic oxidation sites excluding steroid dienone is 3. The summed E-state index contributed by atoms with van der Waals surface area (Å²) in [5.74, 6) is 1.21. The van der Waals surface area contributed by atoms with Crippen molar-refractivity contribution in [2.24, 2.45) is 5.73 Å². The van der Waals surface area contributed by atoms with Crippen LogP contribution in [0.15, 0.2) is 47.6 Å². The number of nitrogens with zero attached hydrogens (tertiary/aromatic N) is 1. The third kappa shape index (κ3) is 3.74. The Labute approximate surface area is 177 Å². The average Bonchev–Trinajstić information content (AvgIpc) is 2.66. The van der Waals surface area contributed by atoms with Crippen LogP contribution in [0.1, 0.15) is 37.7 Å². The normalized spacial score (nSPS) is 18.9. The van der Waals surface area contributed by atoms with Crippen LogP contribution < -0.4 is 15.2 Å². The summed E-state index contributed by atoms with van der Waals surface area (Å²) in [5.41, 5.74) is 7.54. The number of carbonyl (C=O) groups is 1. The van der Waals surface area contributed by atoms with Crippen molar-refractivity contribution in [3.63, 3.8) is 0 Å². The number of carbonyl (C=O) groups excluding carboxylic acids is 1. The van der Waals surface area contributed by atoms with E-state index in [-0.39, 0.29) is 17.2 Å². The van der Waals surface area contributed by atoms with Gasteiger partial charge in [0.1, 0.15) is 24.0 Å². The minimum atomic E-state index is -0.567. The molecule has 28 heavy (non-hydrogen) atoms. The number of nitriles is 1. The van der Waals surface area contributed by atoms with E-state index in [9.17, 15) is 10.1 Å². The molecule has 0 amide bonds. The van der Waals surface area contributed by atoms with Crippen LogP contribution in [-0.4, -0.2) is 19.0 Å². The largest absolute Gasteiger partial charge is 0.490 e. The Kier molecular flexibility index (Phi) is 6.29. The molecule has 1 aliphatic heterocycles. The average molecular weight is 492 g/mol. The van der Waals surface area contributed by atoms with Crippen molar-refractivity contribution in [1.29, 1.82) is 5.26 Å². The number of rotatable bonds is 6. The number of Topliss-reactive ketones (excluding diaryl/α,β-unsaturated/α-hetero) is 1. The van der Waals surface area contributed by atoms with E-state index in [1.807, 2.05) is 19.1 Å². The van der Waals surface area contributed by atoms with Gasteiger partial charge in [0, 0.05) is 18.4 Å². The van der Waals surface area contributed by atoms with Gasteiger partial charge in [0.15, 0.2) is 17.3 Å². The lowest BCUT2D eigenvalue weighted by molar-refractivity contribution is -0.116. The fourth-order valence-corrected chi connectivity index (χ4v) is 4.27. The Hall–Kier alpha value is -2.47. The molecular formula is C21H21IN2O4. The van der Waals surface area contributed by atoms with Crippen LogP contribution in [0, 0.1) is 14.9 Å². The van der Waals surface area contributed by atoms with Gasteiger partial charge in [-0.3, -0.25) is 4.79 Å². The second-order valence-electron chi connectivity index (χ2n) is 6.40. The fraction of sp³-hybridized carbons (Fsp3) is 0.333. The number of benzene rings is 1. The fourth-order valence-electron chi connectivity index (χ4n) is 3.49. The van der Waals surface area contributed by atoms with E-state index < -0.39 is 5.92 Å². The lowest BCUT2D eigenvalue weighted by Gasteiger charge is -2.31. The van der Waals surface area contributed by atoms with E-state index >= 15 is 0 Å².